The lowest BCUT2D eigenvalue weighted by molar-refractivity contribution is 0.0486. The van der Waals surface area contributed by atoms with Crippen LogP contribution in [0.4, 0.5) is 10.5 Å². The first kappa shape index (κ1) is 18.2. The van der Waals surface area contributed by atoms with Crippen LogP contribution in [0.25, 0.3) is 0 Å². The SMILES string of the molecule is COc1cc2c(c(OC)c1)[C@H](O)[C@H](CNC(=O)OC(C)(C)C)CN2. The zero-order valence-corrected chi connectivity index (χ0v) is 14.8. The number of alkyl carbamates (subject to hydrolysis) is 1. The van der Waals surface area contributed by atoms with Crippen molar-refractivity contribution in [2.45, 2.75) is 32.5 Å². The highest BCUT2D eigenvalue weighted by Gasteiger charge is 2.32. The van der Waals surface area contributed by atoms with Crippen LogP contribution in [0.3, 0.4) is 0 Å². The number of fused-ring (bicyclic) bond motifs is 1. The number of anilines is 1. The first-order valence-electron chi connectivity index (χ1n) is 7.90. The molecule has 0 aromatic heterocycles. The Bertz CT molecular complexity index is 580. The van der Waals surface area contributed by atoms with Gasteiger partial charge in [-0.1, -0.05) is 0 Å². The number of hydrogen-bond acceptors (Lipinski definition) is 6. The lowest BCUT2D eigenvalue weighted by atomic mass is 9.89. The number of rotatable bonds is 4. The molecule has 0 saturated carbocycles. The monoisotopic (exact) mass is 338 g/mol. The highest BCUT2D eigenvalue weighted by Crippen LogP contribution is 2.42. The molecule has 1 aliphatic rings. The quantitative estimate of drug-likeness (QED) is 0.781. The second-order valence-corrected chi connectivity index (χ2v) is 6.76. The summed E-state index contributed by atoms with van der Waals surface area (Å²) < 4.78 is 15.8. The number of amides is 1. The first-order valence-corrected chi connectivity index (χ1v) is 7.90. The van der Waals surface area contributed by atoms with E-state index in [9.17, 15) is 9.90 Å². The molecule has 0 fully saturated rings. The molecule has 1 aliphatic heterocycles. The van der Waals surface area contributed by atoms with E-state index in [-0.39, 0.29) is 12.5 Å². The van der Waals surface area contributed by atoms with E-state index < -0.39 is 17.8 Å². The van der Waals surface area contributed by atoms with Gasteiger partial charge in [-0.2, -0.15) is 0 Å². The Hall–Kier alpha value is -2.15. The van der Waals surface area contributed by atoms with Gasteiger partial charge in [-0.3, -0.25) is 0 Å². The average molecular weight is 338 g/mol. The van der Waals surface area contributed by atoms with Gasteiger partial charge in [-0.15, -0.1) is 0 Å². The van der Waals surface area contributed by atoms with Crippen LogP contribution >= 0.6 is 0 Å². The van der Waals surface area contributed by atoms with E-state index in [0.29, 0.717) is 23.6 Å². The summed E-state index contributed by atoms with van der Waals surface area (Å²) in [7, 11) is 3.12. The smallest absolute Gasteiger partial charge is 0.407 e. The summed E-state index contributed by atoms with van der Waals surface area (Å²) in [6.45, 7) is 6.21. The third-order valence-corrected chi connectivity index (χ3v) is 3.78. The number of methoxy groups -OCH3 is 2. The van der Waals surface area contributed by atoms with E-state index in [1.165, 1.54) is 0 Å². The van der Waals surface area contributed by atoms with Gasteiger partial charge in [-0.25, -0.2) is 4.79 Å². The maximum Gasteiger partial charge on any atom is 0.407 e. The van der Waals surface area contributed by atoms with Gasteiger partial charge >= 0.3 is 6.09 Å². The lowest BCUT2D eigenvalue weighted by Gasteiger charge is -2.32. The Balaban J connectivity index is 2.09. The molecule has 7 heteroatoms. The number of carbonyl (C=O) groups is 1. The van der Waals surface area contributed by atoms with Crippen molar-refractivity contribution in [3.05, 3.63) is 17.7 Å². The zero-order valence-electron chi connectivity index (χ0n) is 14.8. The topological polar surface area (TPSA) is 89.0 Å². The summed E-state index contributed by atoms with van der Waals surface area (Å²) >= 11 is 0. The van der Waals surface area contributed by atoms with Crippen molar-refractivity contribution < 1.29 is 24.1 Å². The van der Waals surface area contributed by atoms with E-state index in [0.717, 1.165) is 5.69 Å². The second kappa shape index (κ2) is 7.17. The number of carbonyl (C=O) groups excluding carboxylic acids is 1. The molecule has 24 heavy (non-hydrogen) atoms. The van der Waals surface area contributed by atoms with Crippen LogP contribution in [-0.4, -0.2) is 44.1 Å². The molecule has 0 bridgehead atoms. The van der Waals surface area contributed by atoms with E-state index in [1.54, 1.807) is 41.1 Å². The Morgan fingerprint density at radius 1 is 1.33 bits per heavy atom. The van der Waals surface area contributed by atoms with Crippen molar-refractivity contribution in [1.29, 1.82) is 0 Å². The molecule has 0 aliphatic carbocycles. The van der Waals surface area contributed by atoms with E-state index >= 15 is 0 Å². The molecule has 1 heterocycles. The van der Waals surface area contributed by atoms with Crippen LogP contribution in [0.1, 0.15) is 32.4 Å². The molecule has 0 saturated heterocycles. The van der Waals surface area contributed by atoms with Gasteiger partial charge in [0.25, 0.3) is 0 Å². The standard InChI is InChI=1S/C17H26N2O5/c1-17(2,3)24-16(21)19-9-10-8-18-12-6-11(22-4)7-13(23-5)14(12)15(10)20/h6-7,10,15,18,20H,8-9H2,1-5H3,(H,19,21)/t10-,15+/m0/s1. The number of aliphatic hydroxyl groups is 1. The third kappa shape index (κ3) is 4.23. The van der Waals surface area contributed by atoms with Gasteiger partial charge in [-0.05, 0) is 20.8 Å². The average Bonchev–Trinajstić information content (AvgIpc) is 2.51. The summed E-state index contributed by atoms with van der Waals surface area (Å²) in [5.41, 5.74) is 0.882. The molecular formula is C17H26N2O5. The number of ether oxygens (including phenoxy) is 3. The van der Waals surface area contributed by atoms with Crippen LogP contribution in [0.5, 0.6) is 11.5 Å². The summed E-state index contributed by atoms with van der Waals surface area (Å²) in [6, 6.07) is 3.55. The van der Waals surface area contributed by atoms with Crippen molar-refractivity contribution in [3.63, 3.8) is 0 Å². The molecular weight excluding hydrogens is 312 g/mol. The zero-order chi connectivity index (χ0) is 17.9. The number of aliphatic hydroxyl groups excluding tert-OH is 1. The van der Waals surface area contributed by atoms with Crippen molar-refractivity contribution in [3.8, 4) is 11.5 Å². The summed E-state index contributed by atoms with van der Waals surface area (Å²) in [5, 5.41) is 16.6. The predicted octanol–water partition coefficient (Wildman–Crippen LogP) is 2.30. The summed E-state index contributed by atoms with van der Waals surface area (Å²) in [5.74, 6) is 0.995. The fraction of sp³-hybridized carbons (Fsp3) is 0.588. The molecule has 0 radical (unpaired) electrons. The third-order valence-electron chi connectivity index (χ3n) is 3.78. The van der Waals surface area contributed by atoms with E-state index in [2.05, 4.69) is 10.6 Å². The van der Waals surface area contributed by atoms with Gasteiger partial charge in [0.1, 0.15) is 17.1 Å². The molecule has 1 aromatic rings. The Labute approximate surface area is 142 Å². The molecule has 1 aromatic carbocycles. The van der Waals surface area contributed by atoms with Gasteiger partial charge < -0.3 is 30.0 Å². The fourth-order valence-electron chi connectivity index (χ4n) is 2.64. The molecule has 0 unspecified atom stereocenters. The Morgan fingerprint density at radius 3 is 2.62 bits per heavy atom. The van der Waals surface area contributed by atoms with Crippen molar-refractivity contribution in [1.82, 2.24) is 5.32 Å². The maximum absolute atomic E-state index is 11.8. The number of benzene rings is 1. The molecule has 7 nitrogen and oxygen atoms in total. The Kier molecular flexibility index (Phi) is 5.43. The number of hydrogen-bond donors (Lipinski definition) is 3. The maximum atomic E-state index is 11.8. The predicted molar refractivity (Wildman–Crippen MR) is 90.7 cm³/mol. The van der Waals surface area contributed by atoms with Crippen LogP contribution in [0, 0.1) is 5.92 Å². The van der Waals surface area contributed by atoms with Crippen LogP contribution in [-0.2, 0) is 4.74 Å². The van der Waals surface area contributed by atoms with E-state index in [1.807, 2.05) is 6.07 Å². The second-order valence-electron chi connectivity index (χ2n) is 6.76. The summed E-state index contributed by atoms with van der Waals surface area (Å²) in [4.78, 5) is 11.8. The van der Waals surface area contributed by atoms with Crippen molar-refractivity contribution in [2.24, 2.45) is 5.92 Å². The molecule has 3 N–H and O–H groups in total. The van der Waals surface area contributed by atoms with Crippen molar-refractivity contribution in [2.75, 3.05) is 32.6 Å². The fourth-order valence-corrected chi connectivity index (χ4v) is 2.64. The van der Waals surface area contributed by atoms with Crippen LogP contribution in [0.2, 0.25) is 0 Å². The first-order chi connectivity index (χ1) is 11.2. The number of nitrogens with one attached hydrogen (secondary N) is 2. The molecule has 0 spiro atoms. The largest absolute Gasteiger partial charge is 0.497 e. The molecule has 2 atom stereocenters. The van der Waals surface area contributed by atoms with Crippen LogP contribution in [0.15, 0.2) is 12.1 Å². The molecule has 2 rings (SSSR count). The van der Waals surface area contributed by atoms with Crippen LogP contribution < -0.4 is 20.1 Å². The lowest BCUT2D eigenvalue weighted by Crippen LogP contribution is -2.40. The van der Waals surface area contributed by atoms with Gasteiger partial charge in [0.15, 0.2) is 0 Å². The van der Waals surface area contributed by atoms with Gasteiger partial charge in [0.05, 0.1) is 20.3 Å². The van der Waals surface area contributed by atoms with Gasteiger partial charge in [0, 0.05) is 42.4 Å². The highest BCUT2D eigenvalue weighted by atomic mass is 16.6. The summed E-state index contributed by atoms with van der Waals surface area (Å²) in [6.07, 6.45) is -1.26. The highest BCUT2D eigenvalue weighted by molar-refractivity contribution is 5.68. The Morgan fingerprint density at radius 2 is 2.04 bits per heavy atom. The molecule has 134 valence electrons. The minimum absolute atomic E-state index is 0.202. The minimum atomic E-state index is -0.767. The van der Waals surface area contributed by atoms with Crippen molar-refractivity contribution >= 4 is 11.8 Å². The minimum Gasteiger partial charge on any atom is -0.497 e. The molecule has 1 amide bonds. The van der Waals surface area contributed by atoms with E-state index in [4.69, 9.17) is 14.2 Å². The normalized spacial score (nSPS) is 19.8. The van der Waals surface area contributed by atoms with Gasteiger partial charge in [0.2, 0.25) is 0 Å².